The third-order valence-corrected chi connectivity index (χ3v) is 5.96. The molecule has 1 atom stereocenters. The Kier molecular flexibility index (Phi) is 7.63. The first-order valence-electron chi connectivity index (χ1n) is 11.3. The van der Waals surface area contributed by atoms with Gasteiger partial charge in [-0.1, -0.05) is 11.6 Å². The number of alkyl halides is 3. The number of ether oxygens (including phenoxy) is 2. The molecule has 0 spiro atoms. The highest BCUT2D eigenvalue weighted by molar-refractivity contribution is 6.29. The lowest BCUT2D eigenvalue weighted by atomic mass is 10.1. The number of nitrogens with one attached hydrogen (secondary N) is 1. The third-order valence-electron chi connectivity index (χ3n) is 5.75. The topological polar surface area (TPSA) is 128 Å². The summed E-state index contributed by atoms with van der Waals surface area (Å²) in [6, 6.07) is 5.84. The van der Waals surface area contributed by atoms with Crippen LogP contribution in [0.3, 0.4) is 0 Å². The van der Waals surface area contributed by atoms with Gasteiger partial charge >= 0.3 is 12.1 Å². The van der Waals surface area contributed by atoms with Crippen LogP contribution < -0.4 is 20.3 Å². The zero-order chi connectivity index (χ0) is 28.5. The van der Waals surface area contributed by atoms with Gasteiger partial charge < -0.3 is 19.9 Å². The molecule has 0 saturated heterocycles. The molecule has 4 aromatic heterocycles. The van der Waals surface area contributed by atoms with E-state index in [2.05, 4.69) is 20.3 Å². The van der Waals surface area contributed by atoms with Crippen molar-refractivity contribution in [2.75, 3.05) is 12.4 Å². The second kappa shape index (κ2) is 10.8. The Morgan fingerprint density at radius 3 is 2.64 bits per heavy atom. The van der Waals surface area contributed by atoms with Crippen LogP contribution in [-0.4, -0.2) is 37.5 Å². The van der Waals surface area contributed by atoms with E-state index in [9.17, 15) is 27.9 Å². The van der Waals surface area contributed by atoms with Gasteiger partial charge in [0.15, 0.2) is 5.69 Å². The van der Waals surface area contributed by atoms with Crippen molar-refractivity contribution in [1.82, 2.24) is 19.4 Å². The number of pyridine rings is 3. The molecule has 0 unspecified atom stereocenters. The minimum absolute atomic E-state index is 0.00512. The molecule has 204 valence electrons. The number of nitrogens with zero attached hydrogens (tertiary/aromatic N) is 4. The number of carboxylic acid groups (broad SMARTS) is 1. The number of hydrogen-bond acceptors (Lipinski definition) is 8. The first-order chi connectivity index (χ1) is 18.4. The molecule has 4 aromatic rings. The zero-order valence-corrected chi connectivity index (χ0v) is 21.5. The van der Waals surface area contributed by atoms with Crippen LogP contribution in [0.4, 0.5) is 18.9 Å². The highest BCUT2D eigenvalue weighted by Gasteiger charge is 2.33. The molecule has 4 heterocycles. The van der Waals surface area contributed by atoms with Crippen LogP contribution >= 0.6 is 11.6 Å². The Labute approximate surface area is 224 Å². The van der Waals surface area contributed by atoms with Crippen LogP contribution in [0.5, 0.6) is 11.8 Å². The predicted molar refractivity (Wildman–Crippen MR) is 135 cm³/mol. The van der Waals surface area contributed by atoms with E-state index in [1.54, 1.807) is 12.1 Å². The van der Waals surface area contributed by atoms with E-state index < -0.39 is 35.0 Å². The van der Waals surface area contributed by atoms with E-state index in [4.69, 9.17) is 21.1 Å². The Morgan fingerprint density at radius 2 is 1.97 bits per heavy atom. The lowest BCUT2D eigenvalue weighted by Gasteiger charge is -2.21. The number of rotatable bonds is 8. The minimum Gasteiger partial charge on any atom is -0.481 e. The summed E-state index contributed by atoms with van der Waals surface area (Å²) < 4.78 is 53.0. The van der Waals surface area contributed by atoms with E-state index in [1.807, 2.05) is 0 Å². The van der Waals surface area contributed by atoms with Crippen molar-refractivity contribution >= 4 is 28.9 Å². The van der Waals surface area contributed by atoms with Crippen molar-refractivity contribution in [3.8, 4) is 11.8 Å². The Balaban J connectivity index is 1.82. The highest BCUT2D eigenvalue weighted by Crippen LogP contribution is 2.34. The number of aromatic carboxylic acids is 1. The number of hydrogen-bond donors (Lipinski definition) is 2. The van der Waals surface area contributed by atoms with Crippen molar-refractivity contribution in [2.24, 2.45) is 0 Å². The van der Waals surface area contributed by atoms with Crippen LogP contribution in [0.25, 0.3) is 5.65 Å². The molecular weight excluding hydrogens is 543 g/mol. The van der Waals surface area contributed by atoms with Gasteiger partial charge in [-0.2, -0.15) is 18.2 Å². The molecule has 0 bridgehead atoms. The minimum atomic E-state index is -4.78. The maximum absolute atomic E-state index is 13.8. The number of fused-ring (bicyclic) bond motifs is 1. The summed E-state index contributed by atoms with van der Waals surface area (Å²) in [5, 5.41) is 12.3. The molecule has 0 aliphatic heterocycles. The van der Waals surface area contributed by atoms with Crippen molar-refractivity contribution in [3.05, 3.63) is 86.2 Å². The number of carbonyl (C=O) groups is 1. The fourth-order valence-electron chi connectivity index (χ4n) is 3.78. The molecule has 0 aromatic carbocycles. The van der Waals surface area contributed by atoms with Crippen LogP contribution in [0.15, 0.2) is 47.5 Å². The van der Waals surface area contributed by atoms with Crippen molar-refractivity contribution in [2.45, 2.75) is 32.7 Å². The van der Waals surface area contributed by atoms with Crippen LogP contribution in [0.1, 0.15) is 45.7 Å². The van der Waals surface area contributed by atoms with Crippen LogP contribution in [-0.2, 0) is 12.8 Å². The highest BCUT2D eigenvalue weighted by atomic mass is 35.5. The van der Waals surface area contributed by atoms with Gasteiger partial charge in [-0.3, -0.25) is 9.20 Å². The molecule has 0 radical (unpaired) electrons. The molecular formula is C25H21ClF3N5O5. The lowest BCUT2D eigenvalue weighted by Crippen LogP contribution is -2.24. The summed E-state index contributed by atoms with van der Waals surface area (Å²) in [7, 11) is 1.45. The number of anilines is 1. The molecule has 0 aliphatic carbocycles. The van der Waals surface area contributed by atoms with Gasteiger partial charge in [0, 0.05) is 24.0 Å². The summed E-state index contributed by atoms with van der Waals surface area (Å²) in [5.74, 6) is -1.13. The maximum atomic E-state index is 13.8. The molecule has 0 amide bonds. The number of methoxy groups -OCH3 is 1. The first-order valence-corrected chi connectivity index (χ1v) is 11.7. The molecule has 10 nitrogen and oxygen atoms in total. The average molecular weight is 564 g/mol. The third kappa shape index (κ3) is 5.87. The smallest absolute Gasteiger partial charge is 0.417 e. The van der Waals surface area contributed by atoms with E-state index in [0.29, 0.717) is 17.6 Å². The molecule has 0 saturated carbocycles. The quantitative estimate of drug-likeness (QED) is 0.287. The van der Waals surface area contributed by atoms with Gasteiger partial charge in [-0.15, -0.1) is 0 Å². The van der Waals surface area contributed by atoms with Crippen molar-refractivity contribution in [1.29, 1.82) is 0 Å². The molecule has 0 fully saturated rings. The SMILES string of the molecule is COc1cc(COc2nc3c([C@@H](C)Nc4ccc(Cl)nc4C(=O)O)cc(C(F)(F)F)cn3c(=O)c2C)ccn1. The average Bonchev–Trinajstić information content (AvgIpc) is 2.89. The van der Waals surface area contributed by atoms with Crippen LogP contribution in [0.2, 0.25) is 5.15 Å². The normalized spacial score (nSPS) is 12.3. The standard InChI is InChI=1S/C25H21ClF3N5O5/c1-12-22(39-11-14-6-7-30-19(8-14)38-3)33-21-16(9-15(25(27,28)29)10-34(21)23(12)35)13(2)31-17-4-5-18(26)32-20(17)24(36)37/h4-10,13,31H,11H2,1-3H3,(H,36,37)/t13-/m1/s1. The van der Waals surface area contributed by atoms with Gasteiger partial charge in [0.2, 0.25) is 11.8 Å². The first kappa shape index (κ1) is 27.6. The zero-order valence-electron chi connectivity index (χ0n) is 20.7. The summed E-state index contributed by atoms with van der Waals surface area (Å²) in [6.07, 6.45) is -2.61. The van der Waals surface area contributed by atoms with E-state index in [-0.39, 0.29) is 40.1 Å². The largest absolute Gasteiger partial charge is 0.481 e. The fraction of sp³-hybridized carbons (Fsp3) is 0.240. The molecule has 2 N–H and O–H groups in total. The monoisotopic (exact) mass is 563 g/mol. The van der Waals surface area contributed by atoms with Gasteiger partial charge in [-0.25, -0.2) is 14.8 Å². The van der Waals surface area contributed by atoms with E-state index in [1.165, 1.54) is 39.3 Å². The van der Waals surface area contributed by atoms with Gasteiger partial charge in [-0.05, 0) is 43.7 Å². The Hall–Kier alpha value is -4.39. The van der Waals surface area contributed by atoms with Crippen LogP contribution in [0, 0.1) is 6.92 Å². The van der Waals surface area contributed by atoms with Gasteiger partial charge in [0.25, 0.3) is 5.56 Å². The van der Waals surface area contributed by atoms with Gasteiger partial charge in [0.1, 0.15) is 17.4 Å². The molecule has 4 rings (SSSR count). The fourth-order valence-corrected chi connectivity index (χ4v) is 3.93. The number of aromatic nitrogens is 4. The predicted octanol–water partition coefficient (Wildman–Crippen LogP) is 4.92. The van der Waals surface area contributed by atoms with Crippen molar-refractivity contribution in [3.63, 3.8) is 0 Å². The number of halogens is 4. The Bertz CT molecular complexity index is 1630. The molecule has 0 aliphatic rings. The number of carboxylic acids is 1. The second-order valence-electron chi connectivity index (χ2n) is 8.42. The molecule has 39 heavy (non-hydrogen) atoms. The van der Waals surface area contributed by atoms with Crippen molar-refractivity contribution < 1.29 is 32.5 Å². The molecule has 14 heteroatoms. The van der Waals surface area contributed by atoms with E-state index >= 15 is 0 Å². The summed E-state index contributed by atoms with van der Waals surface area (Å²) in [4.78, 5) is 37.0. The van der Waals surface area contributed by atoms with E-state index in [0.717, 1.165) is 10.5 Å². The summed E-state index contributed by atoms with van der Waals surface area (Å²) in [5.41, 5.74) is -1.77. The summed E-state index contributed by atoms with van der Waals surface area (Å²) in [6.45, 7) is 2.86. The summed E-state index contributed by atoms with van der Waals surface area (Å²) >= 11 is 5.80. The van der Waals surface area contributed by atoms with Gasteiger partial charge in [0.05, 0.1) is 30.0 Å². The Morgan fingerprint density at radius 1 is 1.23 bits per heavy atom. The second-order valence-corrected chi connectivity index (χ2v) is 8.81. The lowest BCUT2D eigenvalue weighted by molar-refractivity contribution is -0.137. The maximum Gasteiger partial charge on any atom is 0.417 e.